The van der Waals surface area contributed by atoms with E-state index in [1.165, 1.54) is 16.7 Å². The van der Waals surface area contributed by atoms with E-state index in [4.69, 9.17) is 15.7 Å². The average molecular weight is 909 g/mol. The molecule has 0 unspecified atom stereocenters. The molecule has 268 valence electrons. The average Bonchev–Trinajstić information content (AvgIpc) is 4.07. The lowest BCUT2D eigenvalue weighted by atomic mass is 10.0. The van der Waals surface area contributed by atoms with Gasteiger partial charge in [-0.05, 0) is 99.6 Å². The largest absolute Gasteiger partial charge is 0.399 e. The van der Waals surface area contributed by atoms with Crippen LogP contribution in [-0.4, -0.2) is 19.9 Å². The van der Waals surface area contributed by atoms with Crippen LogP contribution in [0.15, 0.2) is 121 Å². The molecule has 0 spiro atoms. The number of rotatable bonds is 7. The van der Waals surface area contributed by atoms with Crippen LogP contribution in [0.5, 0.6) is 0 Å². The van der Waals surface area contributed by atoms with E-state index in [9.17, 15) is 0 Å². The standard InChI is InChI=1S/C47H34Br3N5/c48-25-28-1-7-31(8-2-28)44-36-17-19-38(52-36)45(32-9-3-29(26-49)4-10-32)40-21-23-42(54-40)47(34-13-15-35(51)16-14-34)43-24-22-41(55-43)46(39-20-18-37(44)53-39)33-11-5-30(27-50)6-12-33/h1-24,52,55H,25-27,51H2. The van der Waals surface area contributed by atoms with Gasteiger partial charge in [0.2, 0.25) is 0 Å². The molecule has 0 aliphatic carbocycles. The Labute approximate surface area is 344 Å². The monoisotopic (exact) mass is 905 g/mol. The minimum absolute atomic E-state index is 0.710. The van der Waals surface area contributed by atoms with Crippen molar-refractivity contribution in [1.29, 1.82) is 0 Å². The van der Waals surface area contributed by atoms with Gasteiger partial charge in [0.05, 0.1) is 22.8 Å². The van der Waals surface area contributed by atoms with E-state index in [1.807, 2.05) is 12.1 Å². The first-order chi connectivity index (χ1) is 27.0. The molecule has 8 bridgehead atoms. The number of benzene rings is 4. The van der Waals surface area contributed by atoms with Crippen molar-refractivity contribution >= 4 is 99.8 Å². The quantitative estimate of drug-likeness (QED) is 0.110. The summed E-state index contributed by atoms with van der Waals surface area (Å²) in [7, 11) is 0. The molecule has 3 aromatic heterocycles. The molecule has 4 N–H and O–H groups in total. The first kappa shape index (κ1) is 35.4. The summed E-state index contributed by atoms with van der Waals surface area (Å²) in [6, 6.07) is 42.7. The molecule has 0 fully saturated rings. The van der Waals surface area contributed by atoms with E-state index in [0.29, 0.717) is 5.69 Å². The number of hydrogen-bond donors (Lipinski definition) is 3. The van der Waals surface area contributed by atoms with Gasteiger partial charge in [0, 0.05) is 66.0 Å². The maximum Gasteiger partial charge on any atom is 0.0737 e. The lowest BCUT2D eigenvalue weighted by Crippen LogP contribution is -1.90. The van der Waals surface area contributed by atoms with Crippen LogP contribution in [0.1, 0.15) is 39.5 Å². The highest BCUT2D eigenvalue weighted by Gasteiger charge is 2.19. The number of aromatic amines is 2. The van der Waals surface area contributed by atoms with Gasteiger partial charge in [-0.2, -0.15) is 0 Å². The van der Waals surface area contributed by atoms with Crippen molar-refractivity contribution in [3.63, 3.8) is 0 Å². The number of nitrogens with zero attached hydrogens (tertiary/aromatic N) is 2. The van der Waals surface area contributed by atoms with Gasteiger partial charge in [0.1, 0.15) is 0 Å². The maximum absolute atomic E-state index is 6.19. The first-order valence-electron chi connectivity index (χ1n) is 18.0. The number of halogens is 3. The van der Waals surface area contributed by atoms with E-state index in [-0.39, 0.29) is 0 Å². The molecule has 55 heavy (non-hydrogen) atoms. The first-order valence-corrected chi connectivity index (χ1v) is 21.3. The highest BCUT2D eigenvalue weighted by molar-refractivity contribution is 9.09. The van der Waals surface area contributed by atoms with Gasteiger partial charge in [-0.1, -0.05) is 133 Å². The van der Waals surface area contributed by atoms with Crippen molar-refractivity contribution in [2.75, 3.05) is 5.73 Å². The van der Waals surface area contributed by atoms with Crippen LogP contribution in [0.25, 0.3) is 90.9 Å². The topological polar surface area (TPSA) is 83.4 Å². The van der Waals surface area contributed by atoms with E-state index in [1.54, 1.807) is 0 Å². The molecule has 8 heteroatoms. The van der Waals surface area contributed by atoms with Crippen LogP contribution in [0.4, 0.5) is 5.69 Å². The molecule has 2 aliphatic heterocycles. The second-order valence-electron chi connectivity index (χ2n) is 13.6. The molecule has 2 aliphatic rings. The van der Waals surface area contributed by atoms with Gasteiger partial charge >= 0.3 is 0 Å². The van der Waals surface area contributed by atoms with Crippen molar-refractivity contribution in [1.82, 2.24) is 19.9 Å². The molecule has 5 nitrogen and oxygen atoms in total. The zero-order valence-electron chi connectivity index (χ0n) is 29.6. The molecular weight excluding hydrogens is 874 g/mol. The highest BCUT2D eigenvalue weighted by Crippen LogP contribution is 2.39. The van der Waals surface area contributed by atoms with Crippen molar-refractivity contribution in [2.24, 2.45) is 0 Å². The molecule has 5 heterocycles. The van der Waals surface area contributed by atoms with Crippen LogP contribution in [-0.2, 0) is 16.0 Å². The van der Waals surface area contributed by atoms with Crippen molar-refractivity contribution in [2.45, 2.75) is 16.0 Å². The molecule has 0 amide bonds. The highest BCUT2D eigenvalue weighted by atomic mass is 79.9. The summed E-state index contributed by atoms with van der Waals surface area (Å²) < 4.78 is 0. The van der Waals surface area contributed by atoms with Gasteiger partial charge in [0.15, 0.2) is 0 Å². The number of H-pyrrole nitrogens is 2. The van der Waals surface area contributed by atoms with Gasteiger partial charge in [-0.3, -0.25) is 0 Å². The zero-order chi connectivity index (χ0) is 37.5. The summed E-state index contributed by atoms with van der Waals surface area (Å²) in [5.74, 6) is 0. The summed E-state index contributed by atoms with van der Waals surface area (Å²) in [6.45, 7) is 0. The Balaban J connectivity index is 1.44. The second kappa shape index (κ2) is 15.1. The predicted octanol–water partition coefficient (Wildman–Crippen LogP) is 13.6. The molecule has 0 radical (unpaired) electrons. The summed E-state index contributed by atoms with van der Waals surface area (Å²) >= 11 is 10.9. The van der Waals surface area contributed by atoms with E-state index >= 15 is 0 Å². The number of nitrogens with one attached hydrogen (secondary N) is 2. The summed E-state index contributed by atoms with van der Waals surface area (Å²) in [5.41, 5.74) is 26.1. The van der Waals surface area contributed by atoms with Crippen molar-refractivity contribution in [3.8, 4) is 44.5 Å². The molecule has 0 saturated carbocycles. The third-order valence-electron chi connectivity index (χ3n) is 10.1. The third-order valence-corrected chi connectivity index (χ3v) is 12.1. The van der Waals surface area contributed by atoms with Gasteiger partial charge in [0.25, 0.3) is 0 Å². The number of fused-ring (bicyclic) bond motifs is 8. The number of hydrogen-bond acceptors (Lipinski definition) is 3. The predicted molar refractivity (Wildman–Crippen MR) is 243 cm³/mol. The maximum atomic E-state index is 6.19. The fourth-order valence-corrected chi connectivity index (χ4v) is 8.47. The third kappa shape index (κ3) is 6.84. The fraction of sp³-hybridized carbons (Fsp3) is 0.0638. The Morgan fingerprint density at radius 3 is 0.873 bits per heavy atom. The van der Waals surface area contributed by atoms with E-state index < -0.39 is 0 Å². The smallest absolute Gasteiger partial charge is 0.0737 e. The lowest BCUT2D eigenvalue weighted by Gasteiger charge is -2.08. The van der Waals surface area contributed by atoms with Crippen LogP contribution in [0.2, 0.25) is 0 Å². The van der Waals surface area contributed by atoms with Gasteiger partial charge in [-0.25, -0.2) is 9.97 Å². The van der Waals surface area contributed by atoms with E-state index in [2.05, 4.69) is 191 Å². The molecular formula is C47H34Br3N5. The lowest BCUT2D eigenvalue weighted by molar-refractivity contribution is 1.31. The molecule has 0 atom stereocenters. The Kier molecular flexibility index (Phi) is 9.72. The molecule has 7 aromatic rings. The summed E-state index contributed by atoms with van der Waals surface area (Å²) in [4.78, 5) is 18.5. The number of aromatic nitrogens is 4. The Hall–Kier alpha value is -5.28. The van der Waals surface area contributed by atoms with E-state index in [0.717, 1.165) is 105 Å². The van der Waals surface area contributed by atoms with Crippen molar-refractivity contribution in [3.05, 3.63) is 161 Å². The normalized spacial score (nSPS) is 12.1. The Morgan fingerprint density at radius 2 is 0.618 bits per heavy atom. The van der Waals surface area contributed by atoms with Crippen LogP contribution in [0.3, 0.4) is 0 Å². The zero-order valence-corrected chi connectivity index (χ0v) is 34.3. The van der Waals surface area contributed by atoms with Crippen molar-refractivity contribution < 1.29 is 0 Å². The van der Waals surface area contributed by atoms with Crippen LogP contribution in [0, 0.1) is 0 Å². The summed E-state index contributed by atoms with van der Waals surface area (Å²) in [6.07, 6.45) is 8.52. The number of nitrogens with two attached hydrogens (primary N) is 1. The Morgan fingerprint density at radius 1 is 0.364 bits per heavy atom. The molecule has 0 saturated heterocycles. The summed E-state index contributed by atoms with van der Waals surface area (Å²) in [5, 5.41) is 2.36. The van der Waals surface area contributed by atoms with Gasteiger partial charge < -0.3 is 15.7 Å². The minimum Gasteiger partial charge on any atom is -0.399 e. The number of alkyl halides is 3. The second-order valence-corrected chi connectivity index (χ2v) is 15.3. The van der Waals surface area contributed by atoms with Crippen LogP contribution < -0.4 is 5.73 Å². The molecule has 4 aromatic carbocycles. The molecule has 9 rings (SSSR count). The van der Waals surface area contributed by atoms with Crippen LogP contribution >= 0.6 is 47.8 Å². The minimum atomic E-state index is 0.710. The Bertz CT molecular complexity index is 2750. The number of nitrogen functional groups attached to an aromatic ring is 1. The fourth-order valence-electron chi connectivity index (χ4n) is 7.35. The van der Waals surface area contributed by atoms with Gasteiger partial charge in [-0.15, -0.1) is 0 Å². The SMILES string of the molecule is Nc1ccc(-c2c3nc(c(-c4ccc(CBr)cc4)c4ccc([nH]4)c(-c4ccc(CBr)cc4)c4nc(c(-c5ccc(CBr)cc5)c5ccc2[nH]5)C=C4)C=C3)cc1. The number of anilines is 1.